The smallest absolute Gasteiger partial charge is 0.780 e. The summed E-state index contributed by atoms with van der Waals surface area (Å²) < 4.78 is 13.2. The number of phosphoric ester groups is 1. The third-order valence-electron chi connectivity index (χ3n) is 1.70. The van der Waals surface area contributed by atoms with Gasteiger partial charge in [0.25, 0.3) is 0 Å². The minimum Gasteiger partial charge on any atom is -0.780 e. The number of aliphatic hydroxyl groups is 5. The van der Waals surface area contributed by atoms with Crippen LogP contribution in [0.3, 0.4) is 0 Å². The van der Waals surface area contributed by atoms with Crippen molar-refractivity contribution in [3.8, 4) is 0 Å². The molecule has 0 rings (SSSR count). The van der Waals surface area contributed by atoms with E-state index in [1.807, 2.05) is 0 Å². The summed E-state index contributed by atoms with van der Waals surface area (Å²) in [5.74, 6) is -2.00. The van der Waals surface area contributed by atoms with E-state index in [0.29, 0.717) is 0 Å². The van der Waals surface area contributed by atoms with Crippen molar-refractivity contribution in [1.82, 2.24) is 0 Å². The monoisotopic (exact) mass is 386 g/mol. The molecule has 0 aliphatic carbocycles. The van der Waals surface area contributed by atoms with Gasteiger partial charge in [0.15, 0.2) is 6.10 Å². The fourth-order valence-electron chi connectivity index (χ4n) is 0.826. The summed E-state index contributed by atoms with van der Waals surface area (Å²) in [5, 5.41) is 44.4. The Balaban J connectivity index is -0.000000128. The molecule has 4 atom stereocenters. The van der Waals surface area contributed by atoms with E-state index in [-0.39, 0.29) is 59.6 Å². The summed E-state index contributed by atoms with van der Waals surface area (Å²) in [5.41, 5.74) is 0. The summed E-state index contributed by atoms with van der Waals surface area (Å²) in [7, 11) is -5.69. The maximum absolute atomic E-state index is 10.8. The standard InChI is InChI=1S/C6H13O10P.Ca.4H2O/c7-1-2(8)3(9)4(10)5(11)6(12)16-17(13,14)15;;;;;/h2-5,7-11H,1H2,(H2,13,14,15);;4*1H2/q;+2;;;;/p-2/t2-,3-,4+,5-;;;;;/m1...../s1. The van der Waals surface area contributed by atoms with Gasteiger partial charge in [-0.25, -0.2) is 4.79 Å². The zero-order chi connectivity index (χ0) is 13.8. The van der Waals surface area contributed by atoms with Crippen molar-refractivity contribution in [2.45, 2.75) is 24.4 Å². The Hall–Kier alpha value is 0.520. The topological polar surface area (TPSA) is 317 Å². The summed E-state index contributed by atoms with van der Waals surface area (Å²) in [4.78, 5) is 30.8. The van der Waals surface area contributed by atoms with Gasteiger partial charge < -0.3 is 66.3 Å². The maximum Gasteiger partial charge on any atom is 2.00 e. The second kappa shape index (κ2) is 16.4. The van der Waals surface area contributed by atoms with E-state index in [4.69, 9.17) is 25.5 Å². The number of aliphatic hydroxyl groups excluding tert-OH is 5. The fourth-order valence-corrected chi connectivity index (χ4v) is 1.15. The molecule has 0 aromatic heterocycles. The van der Waals surface area contributed by atoms with Gasteiger partial charge in [0, 0.05) is 0 Å². The molecule has 0 fully saturated rings. The number of hydrogen-bond acceptors (Lipinski definition) is 10. The summed E-state index contributed by atoms with van der Waals surface area (Å²) in [6.45, 7) is -0.985. The van der Waals surface area contributed by atoms with E-state index in [9.17, 15) is 19.1 Å². The molecule has 0 aliphatic heterocycles. The van der Waals surface area contributed by atoms with Gasteiger partial charge in [-0.2, -0.15) is 0 Å². The Kier molecular flexibility index (Phi) is 28.5. The molecule has 0 heterocycles. The maximum atomic E-state index is 10.8. The molecule has 0 aromatic carbocycles. The number of rotatable bonds is 6. The van der Waals surface area contributed by atoms with Crippen LogP contribution < -0.4 is 9.79 Å². The third kappa shape index (κ3) is 14.1. The van der Waals surface area contributed by atoms with E-state index in [0.717, 1.165) is 0 Å². The molecule has 0 unspecified atom stereocenters. The number of phosphoric acid groups is 1. The van der Waals surface area contributed by atoms with Crippen LogP contribution in [0, 0.1) is 0 Å². The van der Waals surface area contributed by atoms with Crippen molar-refractivity contribution in [3.63, 3.8) is 0 Å². The molecule has 0 amide bonds. The van der Waals surface area contributed by atoms with Gasteiger partial charge in [0.05, 0.1) is 6.61 Å². The Morgan fingerprint density at radius 1 is 1.00 bits per heavy atom. The zero-order valence-corrected chi connectivity index (χ0v) is 14.1. The number of hydrogen-bond donors (Lipinski definition) is 5. The van der Waals surface area contributed by atoms with Crippen LogP contribution in [0.2, 0.25) is 0 Å². The molecule has 0 aromatic rings. The SMILES string of the molecule is O.O.O.O.O=C(OP(=O)([O-])[O-])[C@H](O)[C@@H](O)[C@H](O)[C@H](O)CO.[Ca+2]. The van der Waals surface area contributed by atoms with E-state index < -0.39 is 44.8 Å². The van der Waals surface area contributed by atoms with Crippen molar-refractivity contribution in [1.29, 1.82) is 0 Å². The molecule has 0 saturated heterocycles. The second-order valence-electron chi connectivity index (χ2n) is 3.03. The van der Waals surface area contributed by atoms with Gasteiger partial charge in [0.1, 0.15) is 26.1 Å². The fraction of sp³-hybridized carbons (Fsp3) is 0.833. The molecule has 0 radical (unpaired) electrons. The first-order valence-corrected chi connectivity index (χ1v) is 5.65. The van der Waals surface area contributed by atoms with Gasteiger partial charge in [-0.05, 0) is 0 Å². The van der Waals surface area contributed by atoms with E-state index in [1.54, 1.807) is 0 Å². The largest absolute Gasteiger partial charge is 2.00 e. The average Bonchev–Trinajstić information content (AvgIpc) is 2.22. The molecular weight excluding hydrogens is 367 g/mol. The molecular formula is C6H19CaO14P. The molecule has 0 bridgehead atoms. The van der Waals surface area contributed by atoms with Gasteiger partial charge in [-0.1, -0.05) is 0 Å². The molecule has 0 aliphatic rings. The minimum absolute atomic E-state index is 0. The van der Waals surface area contributed by atoms with Crippen LogP contribution in [0.4, 0.5) is 0 Å². The molecule has 14 nitrogen and oxygen atoms in total. The van der Waals surface area contributed by atoms with Gasteiger partial charge in [-0.3, -0.25) is 0 Å². The predicted octanol–water partition coefficient (Wildman–Crippen LogP) is -8.89. The normalized spacial score (nSPS) is 14.9. The Morgan fingerprint density at radius 3 is 1.64 bits per heavy atom. The van der Waals surface area contributed by atoms with Crippen LogP contribution in [0.15, 0.2) is 0 Å². The third-order valence-corrected chi connectivity index (χ3v) is 2.10. The van der Waals surface area contributed by atoms with Gasteiger partial charge in [-0.15, -0.1) is 0 Å². The average molecular weight is 386 g/mol. The van der Waals surface area contributed by atoms with Crippen molar-refractivity contribution in [3.05, 3.63) is 0 Å². The van der Waals surface area contributed by atoms with Crippen molar-refractivity contribution in [2.75, 3.05) is 6.61 Å². The van der Waals surface area contributed by atoms with Crippen molar-refractivity contribution >= 4 is 51.5 Å². The van der Waals surface area contributed by atoms with Crippen molar-refractivity contribution in [2.24, 2.45) is 0 Å². The number of carbonyl (C=O) groups excluding carboxylic acids is 1. The summed E-state index contributed by atoms with van der Waals surface area (Å²) >= 11 is 0. The van der Waals surface area contributed by atoms with Crippen LogP contribution in [0.5, 0.6) is 0 Å². The number of carbonyl (C=O) groups is 1. The molecule has 22 heavy (non-hydrogen) atoms. The first-order chi connectivity index (χ1) is 7.60. The Morgan fingerprint density at radius 2 is 1.36 bits per heavy atom. The molecule has 16 heteroatoms. The quantitative estimate of drug-likeness (QED) is 0.212. The Bertz CT molecular complexity index is 308. The predicted molar refractivity (Wildman–Crippen MR) is 65.0 cm³/mol. The second-order valence-corrected chi connectivity index (χ2v) is 4.11. The first-order valence-electron chi connectivity index (χ1n) is 4.18. The molecule has 134 valence electrons. The Labute approximate surface area is 153 Å². The van der Waals surface area contributed by atoms with E-state index >= 15 is 0 Å². The van der Waals surface area contributed by atoms with Crippen molar-refractivity contribution < 1.29 is 71.1 Å². The van der Waals surface area contributed by atoms with Crippen LogP contribution in [0.25, 0.3) is 0 Å². The summed E-state index contributed by atoms with van der Waals surface area (Å²) in [6.07, 6.45) is -8.92. The van der Waals surface area contributed by atoms with Crippen LogP contribution in [-0.2, 0) is 13.9 Å². The molecule has 0 saturated carbocycles. The molecule has 13 N–H and O–H groups in total. The van der Waals surface area contributed by atoms with E-state index in [2.05, 4.69) is 4.52 Å². The van der Waals surface area contributed by atoms with Crippen LogP contribution in [-0.4, -0.2) is 122 Å². The van der Waals surface area contributed by atoms with Crippen LogP contribution in [0.1, 0.15) is 0 Å². The van der Waals surface area contributed by atoms with E-state index in [1.165, 1.54) is 0 Å². The minimum atomic E-state index is -5.69. The van der Waals surface area contributed by atoms with Gasteiger partial charge >= 0.3 is 43.7 Å². The van der Waals surface area contributed by atoms with Crippen LogP contribution >= 0.6 is 7.82 Å². The zero-order valence-electron chi connectivity index (χ0n) is 10.9. The molecule has 0 spiro atoms. The summed E-state index contributed by atoms with van der Waals surface area (Å²) in [6, 6.07) is 0. The van der Waals surface area contributed by atoms with Gasteiger partial charge in [0.2, 0.25) is 0 Å². The first kappa shape index (κ1) is 38.2.